The molecule has 0 fully saturated rings. The van der Waals surface area contributed by atoms with E-state index >= 15 is 0 Å². The Hall–Kier alpha value is -0.960. The molecule has 0 saturated heterocycles. The van der Waals surface area contributed by atoms with Gasteiger partial charge in [0.05, 0.1) is 0 Å². The van der Waals surface area contributed by atoms with Gasteiger partial charge in [-0.3, -0.25) is 0 Å². The fourth-order valence-electron chi connectivity index (χ4n) is 0.419. The summed E-state index contributed by atoms with van der Waals surface area (Å²) in [4.78, 5) is 0. The minimum absolute atomic E-state index is 0.862. The number of rotatable bonds is 2. The second-order valence-corrected chi connectivity index (χ2v) is 1.58. The first-order valence-corrected chi connectivity index (χ1v) is 3.09. The molecule has 0 rings (SSSR count). The highest BCUT2D eigenvalue weighted by Crippen LogP contribution is 1.80. The lowest BCUT2D eigenvalue weighted by atomic mass is 10.3. The fraction of sp³-hybridized carbons (Fsp3) is 0.333. The zero-order valence-corrected chi connectivity index (χ0v) is 6.02. The molecule has 0 aromatic rings. The van der Waals surface area contributed by atoms with Crippen LogP contribution < -0.4 is 0 Å². The smallest absolute Gasteiger partial charge is 0.0272 e. The van der Waals surface area contributed by atoms with E-state index in [0.29, 0.717) is 0 Å². The molecule has 0 unspecified atom stereocenters. The van der Waals surface area contributed by atoms with Crippen molar-refractivity contribution < 1.29 is 0 Å². The molecule has 0 heterocycles. The molecule has 0 N–H and O–H groups in total. The summed E-state index contributed by atoms with van der Waals surface area (Å²) in [6.07, 6.45) is 8.90. The van der Waals surface area contributed by atoms with E-state index in [0.717, 1.165) is 6.42 Å². The summed E-state index contributed by atoms with van der Waals surface area (Å²) in [6.45, 7) is 3.85. The van der Waals surface area contributed by atoms with E-state index in [-0.39, 0.29) is 0 Å². The first-order chi connectivity index (χ1) is 4.41. The molecule has 0 heteroatoms. The van der Waals surface area contributed by atoms with E-state index in [4.69, 9.17) is 0 Å². The van der Waals surface area contributed by atoms with Gasteiger partial charge in [-0.2, -0.15) is 0 Å². The second-order valence-electron chi connectivity index (χ2n) is 1.58. The zero-order valence-electron chi connectivity index (χ0n) is 6.02. The molecular formula is C9H12. The summed E-state index contributed by atoms with van der Waals surface area (Å²) in [5.41, 5.74) is 0. The van der Waals surface area contributed by atoms with Crippen LogP contribution >= 0.6 is 0 Å². The van der Waals surface area contributed by atoms with Crippen LogP contribution in [0.15, 0.2) is 24.3 Å². The lowest BCUT2D eigenvalue weighted by Crippen LogP contribution is -1.55. The summed E-state index contributed by atoms with van der Waals surface area (Å²) in [7, 11) is 0. The predicted octanol–water partition coefficient (Wildman–Crippen LogP) is 2.53. The molecule has 9 heavy (non-hydrogen) atoms. The van der Waals surface area contributed by atoms with Gasteiger partial charge in [0.1, 0.15) is 0 Å². The van der Waals surface area contributed by atoms with Crippen LogP contribution in [-0.2, 0) is 0 Å². The van der Waals surface area contributed by atoms with Gasteiger partial charge in [0.25, 0.3) is 0 Å². The molecular weight excluding hydrogens is 108 g/mol. The molecule has 0 radical (unpaired) electrons. The zero-order chi connectivity index (χ0) is 6.95. The summed E-state index contributed by atoms with van der Waals surface area (Å²) in [6, 6.07) is 0. The molecule has 0 aromatic heterocycles. The van der Waals surface area contributed by atoms with Crippen molar-refractivity contribution in [3.05, 3.63) is 24.3 Å². The van der Waals surface area contributed by atoms with Gasteiger partial charge in [0.15, 0.2) is 0 Å². The van der Waals surface area contributed by atoms with Crippen molar-refractivity contribution in [3.63, 3.8) is 0 Å². The Morgan fingerprint density at radius 3 is 2.67 bits per heavy atom. The first kappa shape index (κ1) is 8.04. The molecule has 0 amide bonds. The fourth-order valence-corrected chi connectivity index (χ4v) is 0.419. The van der Waals surface area contributed by atoms with E-state index in [1.165, 1.54) is 0 Å². The van der Waals surface area contributed by atoms with Gasteiger partial charge < -0.3 is 0 Å². The van der Waals surface area contributed by atoms with Gasteiger partial charge in [-0.05, 0) is 13.8 Å². The number of hydrogen-bond donors (Lipinski definition) is 0. The molecule has 0 aliphatic carbocycles. The summed E-state index contributed by atoms with van der Waals surface area (Å²) >= 11 is 0. The highest BCUT2D eigenvalue weighted by atomic mass is 13.7. The van der Waals surface area contributed by atoms with Crippen LogP contribution in [0.5, 0.6) is 0 Å². The van der Waals surface area contributed by atoms with Crippen molar-refractivity contribution >= 4 is 0 Å². The van der Waals surface area contributed by atoms with Crippen molar-refractivity contribution in [2.75, 3.05) is 0 Å². The molecule has 0 nitrogen and oxygen atoms in total. The molecule has 0 aliphatic heterocycles. The van der Waals surface area contributed by atoms with Gasteiger partial charge in [0.2, 0.25) is 0 Å². The first-order valence-electron chi connectivity index (χ1n) is 3.09. The maximum Gasteiger partial charge on any atom is 0.0272 e. The van der Waals surface area contributed by atoms with E-state index in [1.54, 1.807) is 0 Å². The molecule has 0 saturated carbocycles. The average Bonchev–Trinajstić information content (AvgIpc) is 1.89. The minimum Gasteiger partial charge on any atom is -0.106 e. The standard InChI is InChI=1S/C9H12/c1-3-5-7-9-8-6-4-2/h3,5,7,9H,8H2,1-2H3/b5-3+,9-7+. The Balaban J connectivity index is 3.32. The predicted molar refractivity (Wildman–Crippen MR) is 42.0 cm³/mol. The van der Waals surface area contributed by atoms with Crippen molar-refractivity contribution in [1.82, 2.24) is 0 Å². The summed E-state index contributed by atoms with van der Waals surface area (Å²) in [5.74, 6) is 5.76. The highest BCUT2D eigenvalue weighted by Gasteiger charge is 1.63. The third-order valence-electron chi connectivity index (χ3n) is 0.836. The Morgan fingerprint density at radius 1 is 1.33 bits per heavy atom. The van der Waals surface area contributed by atoms with Gasteiger partial charge in [0, 0.05) is 6.42 Å². The van der Waals surface area contributed by atoms with Crippen LogP contribution in [0.25, 0.3) is 0 Å². The molecule has 0 aliphatic rings. The second kappa shape index (κ2) is 7.04. The van der Waals surface area contributed by atoms with Crippen LogP contribution in [0.3, 0.4) is 0 Å². The lowest BCUT2D eigenvalue weighted by molar-refractivity contribution is 1.46. The third kappa shape index (κ3) is 7.04. The van der Waals surface area contributed by atoms with Crippen molar-refractivity contribution in [2.45, 2.75) is 20.3 Å². The average molecular weight is 120 g/mol. The van der Waals surface area contributed by atoms with Crippen LogP contribution in [0, 0.1) is 11.8 Å². The Kier molecular flexibility index (Phi) is 6.29. The Morgan fingerprint density at radius 2 is 2.11 bits per heavy atom. The van der Waals surface area contributed by atoms with Crippen LogP contribution in [0.4, 0.5) is 0 Å². The molecule has 0 aromatic carbocycles. The monoisotopic (exact) mass is 120 g/mol. The largest absolute Gasteiger partial charge is 0.106 e. The van der Waals surface area contributed by atoms with Crippen LogP contribution in [0.1, 0.15) is 20.3 Å². The summed E-state index contributed by atoms with van der Waals surface area (Å²) < 4.78 is 0. The van der Waals surface area contributed by atoms with Crippen molar-refractivity contribution in [3.8, 4) is 11.8 Å². The number of allylic oxidation sites excluding steroid dienone is 4. The van der Waals surface area contributed by atoms with Crippen molar-refractivity contribution in [1.29, 1.82) is 0 Å². The van der Waals surface area contributed by atoms with Gasteiger partial charge in [-0.15, -0.1) is 5.92 Å². The number of hydrogen-bond acceptors (Lipinski definition) is 0. The SMILES string of the molecule is CC#CC/C=C/C=C/C. The molecule has 0 bridgehead atoms. The minimum atomic E-state index is 0.862. The van der Waals surface area contributed by atoms with E-state index < -0.39 is 0 Å². The molecule has 48 valence electrons. The van der Waals surface area contributed by atoms with Crippen molar-refractivity contribution in [2.24, 2.45) is 0 Å². The Bertz CT molecular complexity index is 151. The third-order valence-corrected chi connectivity index (χ3v) is 0.836. The normalized spacial score (nSPS) is 10.0. The maximum atomic E-state index is 2.94. The van der Waals surface area contributed by atoms with Gasteiger partial charge >= 0.3 is 0 Å². The Labute approximate surface area is 57.3 Å². The molecule has 0 spiro atoms. The molecule has 0 atom stereocenters. The van der Waals surface area contributed by atoms with E-state index in [9.17, 15) is 0 Å². The van der Waals surface area contributed by atoms with Gasteiger partial charge in [-0.1, -0.05) is 30.2 Å². The maximum absolute atomic E-state index is 2.94. The van der Waals surface area contributed by atoms with E-state index in [1.807, 2.05) is 38.2 Å². The van der Waals surface area contributed by atoms with Gasteiger partial charge in [-0.25, -0.2) is 0 Å². The van der Waals surface area contributed by atoms with E-state index in [2.05, 4.69) is 11.8 Å². The lowest BCUT2D eigenvalue weighted by Gasteiger charge is -1.72. The quantitative estimate of drug-likeness (QED) is 0.388. The van der Waals surface area contributed by atoms with Crippen LogP contribution in [-0.4, -0.2) is 0 Å². The topological polar surface area (TPSA) is 0 Å². The van der Waals surface area contributed by atoms with Crippen LogP contribution in [0.2, 0.25) is 0 Å². The highest BCUT2D eigenvalue weighted by molar-refractivity contribution is 5.07. The summed E-state index contributed by atoms with van der Waals surface area (Å²) in [5, 5.41) is 0.